The van der Waals surface area contributed by atoms with Crippen LogP contribution in [0.2, 0.25) is 0 Å². The van der Waals surface area contributed by atoms with Gasteiger partial charge in [-0.3, -0.25) is 14.5 Å². The largest absolute Gasteiger partial charge is 0.416 e. The van der Waals surface area contributed by atoms with E-state index in [-0.39, 0.29) is 51.0 Å². The van der Waals surface area contributed by atoms with E-state index >= 15 is 0 Å². The molecule has 0 saturated carbocycles. The lowest BCUT2D eigenvalue weighted by molar-refractivity contribution is -0.147. The Bertz CT molecular complexity index is 1370. The number of amides is 4. The van der Waals surface area contributed by atoms with Gasteiger partial charge in [0, 0.05) is 57.8 Å². The van der Waals surface area contributed by atoms with Crippen LogP contribution >= 0.6 is 0 Å². The Morgan fingerprint density at radius 2 is 1.36 bits per heavy atom. The number of carbonyl (C=O) groups is 3. The van der Waals surface area contributed by atoms with Gasteiger partial charge in [-0.1, -0.05) is 12.1 Å². The monoisotopic (exact) mass is 652 g/mol. The second kappa shape index (κ2) is 12.8. The Morgan fingerprint density at radius 1 is 0.822 bits per heavy atom. The number of hydrogen-bond acceptors (Lipinski definition) is 3. The lowest BCUT2D eigenvalue weighted by atomic mass is 9.93. The SMILES string of the molecule is CN(C(=O)N(C)C1CN(C(=O)C2CCN(C(=O)C(F)F)CC2)CC1c1ccc(F)cc1)c1cc(C(F)(F)F)cc(C(F)(F)F)c1. The molecule has 2 aliphatic rings. The number of rotatable bonds is 5. The summed E-state index contributed by atoms with van der Waals surface area (Å²) in [5.74, 6) is -3.49. The first-order valence-corrected chi connectivity index (χ1v) is 13.8. The first-order chi connectivity index (χ1) is 20.9. The van der Waals surface area contributed by atoms with Crippen LogP contribution in [0, 0.1) is 11.7 Å². The van der Waals surface area contributed by atoms with E-state index in [0.717, 1.165) is 16.8 Å². The van der Waals surface area contributed by atoms with Crippen LogP contribution in [0.15, 0.2) is 42.5 Å². The summed E-state index contributed by atoms with van der Waals surface area (Å²) in [6.45, 7) is -0.158. The predicted molar refractivity (Wildman–Crippen MR) is 143 cm³/mol. The Kier molecular flexibility index (Phi) is 9.64. The Labute approximate surface area is 252 Å². The summed E-state index contributed by atoms with van der Waals surface area (Å²) in [7, 11) is 2.31. The van der Waals surface area contributed by atoms with Gasteiger partial charge in [-0.15, -0.1) is 0 Å². The van der Waals surface area contributed by atoms with Gasteiger partial charge in [-0.25, -0.2) is 9.18 Å². The predicted octanol–water partition coefficient (Wildman–Crippen LogP) is 5.85. The molecule has 0 spiro atoms. The molecule has 4 amide bonds. The van der Waals surface area contributed by atoms with Crippen LogP contribution in [0.5, 0.6) is 0 Å². The third kappa shape index (κ3) is 7.47. The molecule has 7 nitrogen and oxygen atoms in total. The fourth-order valence-corrected chi connectivity index (χ4v) is 5.76. The molecule has 2 aromatic rings. The number of alkyl halides is 8. The van der Waals surface area contributed by atoms with Gasteiger partial charge in [0.2, 0.25) is 5.91 Å². The molecule has 2 unspecified atom stereocenters. The van der Waals surface area contributed by atoms with Crippen molar-refractivity contribution in [3.05, 3.63) is 65.0 Å². The van der Waals surface area contributed by atoms with Gasteiger partial charge in [0.1, 0.15) is 5.82 Å². The highest BCUT2D eigenvalue weighted by Gasteiger charge is 2.44. The van der Waals surface area contributed by atoms with E-state index in [4.69, 9.17) is 0 Å². The minimum absolute atomic E-state index is 0.0361. The molecule has 0 N–H and O–H groups in total. The van der Waals surface area contributed by atoms with Crippen molar-refractivity contribution >= 4 is 23.5 Å². The standard InChI is InChI=1S/C29H29F9N4O3/c1-39(21-12-18(28(33,34)35)11-19(13-21)29(36,37)38)27(45)40(2)23-15-42(14-22(23)16-3-5-20(30)6-4-16)25(43)17-7-9-41(10-8-17)26(44)24(31)32/h3-6,11-13,17,22-24H,7-10,14-15H2,1-2H3. The summed E-state index contributed by atoms with van der Waals surface area (Å²) >= 11 is 0. The Morgan fingerprint density at radius 3 is 1.84 bits per heavy atom. The van der Waals surface area contributed by atoms with Crippen molar-refractivity contribution in [3.8, 4) is 0 Å². The topological polar surface area (TPSA) is 64.2 Å². The number of benzene rings is 2. The van der Waals surface area contributed by atoms with Crippen LogP contribution in [-0.4, -0.2) is 85.3 Å². The van der Waals surface area contributed by atoms with Crippen LogP contribution in [0.25, 0.3) is 0 Å². The Balaban J connectivity index is 1.58. The molecule has 45 heavy (non-hydrogen) atoms. The molecule has 0 aliphatic carbocycles. The first kappa shape index (κ1) is 33.9. The number of likely N-dealkylation sites (tertiary alicyclic amines) is 2. The minimum atomic E-state index is -5.13. The van der Waals surface area contributed by atoms with Crippen molar-refractivity contribution in [1.29, 1.82) is 0 Å². The molecule has 2 heterocycles. The van der Waals surface area contributed by atoms with Gasteiger partial charge in [-0.05, 0) is 48.7 Å². The molecular formula is C29H29F9N4O3. The summed E-state index contributed by atoms with van der Waals surface area (Å²) in [5.41, 5.74) is -3.34. The van der Waals surface area contributed by atoms with Crippen molar-refractivity contribution in [3.63, 3.8) is 0 Å². The maximum absolute atomic E-state index is 13.7. The third-order valence-corrected chi connectivity index (χ3v) is 8.29. The molecule has 0 bridgehead atoms. The minimum Gasteiger partial charge on any atom is -0.340 e. The van der Waals surface area contributed by atoms with E-state index in [1.54, 1.807) is 0 Å². The highest BCUT2D eigenvalue weighted by atomic mass is 19.4. The third-order valence-electron chi connectivity index (χ3n) is 8.29. The molecule has 0 radical (unpaired) electrons. The zero-order valence-electron chi connectivity index (χ0n) is 24.0. The molecule has 2 fully saturated rings. The maximum atomic E-state index is 13.7. The van der Waals surface area contributed by atoms with Gasteiger partial charge in [0.05, 0.1) is 17.2 Å². The number of nitrogens with zero attached hydrogens (tertiary/aromatic N) is 4. The van der Waals surface area contributed by atoms with Gasteiger partial charge in [0.25, 0.3) is 5.91 Å². The number of piperidine rings is 1. The number of hydrogen-bond donors (Lipinski definition) is 0. The maximum Gasteiger partial charge on any atom is 0.416 e. The molecule has 2 aromatic carbocycles. The number of halogens is 9. The molecule has 0 aromatic heterocycles. The van der Waals surface area contributed by atoms with E-state index in [1.807, 2.05) is 0 Å². The average Bonchev–Trinajstić information content (AvgIpc) is 3.44. The van der Waals surface area contributed by atoms with Crippen molar-refractivity contribution < 1.29 is 53.9 Å². The van der Waals surface area contributed by atoms with Gasteiger partial charge >= 0.3 is 24.8 Å². The average molecular weight is 653 g/mol. The van der Waals surface area contributed by atoms with Crippen molar-refractivity contribution in [2.24, 2.45) is 5.92 Å². The number of likely N-dealkylation sites (N-methyl/N-ethyl adjacent to an activating group) is 1. The smallest absolute Gasteiger partial charge is 0.340 e. The van der Waals surface area contributed by atoms with Gasteiger partial charge < -0.3 is 14.7 Å². The molecule has 2 saturated heterocycles. The van der Waals surface area contributed by atoms with Crippen LogP contribution in [0.4, 0.5) is 50.0 Å². The highest BCUT2D eigenvalue weighted by molar-refractivity contribution is 5.92. The second-order valence-corrected chi connectivity index (χ2v) is 11.1. The van der Waals surface area contributed by atoms with E-state index in [1.165, 1.54) is 36.2 Å². The zero-order chi connectivity index (χ0) is 33.4. The summed E-state index contributed by atoms with van der Waals surface area (Å²) in [5, 5.41) is 0. The van der Waals surface area contributed by atoms with Gasteiger partial charge in [-0.2, -0.15) is 35.1 Å². The van der Waals surface area contributed by atoms with Crippen molar-refractivity contribution in [2.75, 3.05) is 45.2 Å². The summed E-state index contributed by atoms with van der Waals surface area (Å²) in [6, 6.07) is 4.23. The highest BCUT2D eigenvalue weighted by Crippen LogP contribution is 2.39. The number of urea groups is 1. The lowest BCUT2D eigenvalue weighted by Gasteiger charge is -2.34. The normalized spacial score (nSPS) is 19.6. The summed E-state index contributed by atoms with van der Waals surface area (Å²) in [6.07, 6.45) is -13.2. The van der Waals surface area contributed by atoms with Gasteiger partial charge in [0.15, 0.2) is 0 Å². The molecular weight excluding hydrogens is 623 g/mol. The summed E-state index contributed by atoms with van der Waals surface area (Å²) < 4.78 is 120. The van der Waals surface area contributed by atoms with E-state index in [9.17, 15) is 53.9 Å². The van der Waals surface area contributed by atoms with Crippen LogP contribution in [0.1, 0.15) is 35.4 Å². The van der Waals surface area contributed by atoms with Crippen molar-refractivity contribution in [1.82, 2.24) is 14.7 Å². The molecule has 4 rings (SSSR count). The van der Waals surface area contributed by atoms with E-state index < -0.39 is 71.2 Å². The fourth-order valence-electron chi connectivity index (χ4n) is 5.76. The van der Waals surface area contributed by atoms with Crippen LogP contribution in [-0.2, 0) is 21.9 Å². The van der Waals surface area contributed by atoms with Crippen LogP contribution in [0.3, 0.4) is 0 Å². The zero-order valence-corrected chi connectivity index (χ0v) is 24.0. The van der Waals surface area contributed by atoms with E-state index in [0.29, 0.717) is 22.6 Å². The summed E-state index contributed by atoms with van der Waals surface area (Å²) in [4.78, 5) is 42.8. The molecule has 2 atom stereocenters. The lowest BCUT2D eigenvalue weighted by Crippen LogP contribution is -2.48. The van der Waals surface area contributed by atoms with Crippen LogP contribution < -0.4 is 4.90 Å². The first-order valence-electron chi connectivity index (χ1n) is 13.8. The number of carbonyl (C=O) groups excluding carboxylic acids is 3. The Hall–Kier alpha value is -3.98. The molecule has 246 valence electrons. The molecule has 16 heteroatoms. The van der Waals surface area contributed by atoms with E-state index in [2.05, 4.69) is 0 Å². The quantitative estimate of drug-likeness (QED) is 0.381. The fraction of sp³-hybridized carbons (Fsp3) is 0.483. The second-order valence-electron chi connectivity index (χ2n) is 11.1. The molecule has 2 aliphatic heterocycles. The van der Waals surface area contributed by atoms with Crippen molar-refractivity contribution in [2.45, 2.75) is 43.6 Å². The number of anilines is 1.